The third kappa shape index (κ3) is 3.60. The standard InChI is InChI=1S/C10H10BClN4/c1-14-9(16-10(11)15-6-13)7-3-2-4-8(12)5-7/h2-5H,1,6,13H2/b15-10-,16-9-. The van der Waals surface area contributed by atoms with Crippen molar-refractivity contribution >= 4 is 37.7 Å². The van der Waals surface area contributed by atoms with E-state index in [2.05, 4.69) is 21.7 Å². The molecule has 0 aliphatic rings. The van der Waals surface area contributed by atoms with Crippen LogP contribution >= 0.6 is 11.6 Å². The maximum absolute atomic E-state index is 5.85. The second-order valence-corrected chi connectivity index (χ2v) is 3.24. The van der Waals surface area contributed by atoms with Gasteiger partial charge in [0.25, 0.3) is 0 Å². The number of amidine groups is 2. The van der Waals surface area contributed by atoms with Crippen molar-refractivity contribution in [1.29, 1.82) is 0 Å². The Hall–Kier alpha value is -1.46. The lowest BCUT2D eigenvalue weighted by Crippen LogP contribution is -2.06. The van der Waals surface area contributed by atoms with Crippen LogP contribution < -0.4 is 5.73 Å². The van der Waals surface area contributed by atoms with Gasteiger partial charge in [-0.2, -0.15) is 0 Å². The summed E-state index contributed by atoms with van der Waals surface area (Å²) >= 11 is 5.85. The molecule has 16 heavy (non-hydrogen) atoms. The second kappa shape index (κ2) is 6.20. The van der Waals surface area contributed by atoms with Crippen molar-refractivity contribution in [2.24, 2.45) is 20.7 Å². The summed E-state index contributed by atoms with van der Waals surface area (Å²) in [6.07, 6.45) is 0. The number of hydrogen-bond acceptors (Lipinski definition) is 2. The van der Waals surface area contributed by atoms with E-state index in [1.165, 1.54) is 0 Å². The van der Waals surface area contributed by atoms with E-state index in [9.17, 15) is 0 Å². The minimum atomic E-state index is 0.0601. The zero-order valence-electron chi connectivity index (χ0n) is 8.60. The molecule has 1 aromatic rings. The first-order valence-electron chi connectivity index (χ1n) is 4.48. The zero-order valence-corrected chi connectivity index (χ0v) is 9.35. The van der Waals surface area contributed by atoms with Gasteiger partial charge < -0.3 is 5.73 Å². The van der Waals surface area contributed by atoms with Crippen molar-refractivity contribution in [2.45, 2.75) is 0 Å². The molecule has 0 heterocycles. The molecule has 0 amide bonds. The number of aliphatic imine (C=N–C) groups is 3. The number of nitrogens with zero attached hydrogens (tertiary/aromatic N) is 3. The van der Waals surface area contributed by atoms with Crippen LogP contribution in [0.1, 0.15) is 5.56 Å². The van der Waals surface area contributed by atoms with E-state index in [0.717, 1.165) is 5.56 Å². The molecule has 0 bridgehead atoms. The third-order valence-corrected chi connectivity index (χ3v) is 1.94. The van der Waals surface area contributed by atoms with E-state index in [4.69, 9.17) is 25.2 Å². The molecule has 4 nitrogen and oxygen atoms in total. The van der Waals surface area contributed by atoms with Gasteiger partial charge in [-0.3, -0.25) is 4.99 Å². The molecular weight excluding hydrogens is 222 g/mol. The average molecular weight is 232 g/mol. The SMILES string of the molecule is [B]C(=N/CN)/N=C(\N=C)c1cccc(Cl)c1. The molecule has 0 aliphatic carbocycles. The highest BCUT2D eigenvalue weighted by atomic mass is 35.5. The normalized spacial score (nSPS) is 12.6. The van der Waals surface area contributed by atoms with Crippen LogP contribution in [-0.2, 0) is 0 Å². The fourth-order valence-corrected chi connectivity index (χ4v) is 1.25. The van der Waals surface area contributed by atoms with Gasteiger partial charge in [-0.05, 0) is 18.9 Å². The highest BCUT2D eigenvalue weighted by molar-refractivity contribution is 6.60. The minimum Gasteiger partial charge on any atom is -0.312 e. The number of rotatable bonds is 2. The Morgan fingerprint density at radius 3 is 2.81 bits per heavy atom. The van der Waals surface area contributed by atoms with Crippen LogP contribution in [0.4, 0.5) is 0 Å². The molecule has 80 valence electrons. The second-order valence-electron chi connectivity index (χ2n) is 2.80. The van der Waals surface area contributed by atoms with Crippen molar-refractivity contribution in [3.8, 4) is 0 Å². The van der Waals surface area contributed by atoms with Gasteiger partial charge in [-0.25, -0.2) is 9.98 Å². The molecule has 0 spiro atoms. The molecule has 6 heteroatoms. The molecule has 0 aromatic heterocycles. The summed E-state index contributed by atoms with van der Waals surface area (Å²) in [5.74, 6) is 0.359. The van der Waals surface area contributed by atoms with E-state index in [0.29, 0.717) is 10.9 Å². The van der Waals surface area contributed by atoms with Crippen molar-refractivity contribution in [2.75, 3.05) is 6.67 Å². The van der Waals surface area contributed by atoms with Gasteiger partial charge in [0.15, 0.2) is 13.7 Å². The molecule has 2 N–H and O–H groups in total. The fourth-order valence-electron chi connectivity index (χ4n) is 1.06. The topological polar surface area (TPSA) is 63.1 Å². The molecule has 0 atom stereocenters. The van der Waals surface area contributed by atoms with Crippen LogP contribution in [0, 0.1) is 0 Å². The summed E-state index contributed by atoms with van der Waals surface area (Å²) in [6.45, 7) is 3.49. The Labute approximate surface area is 100 Å². The summed E-state index contributed by atoms with van der Waals surface area (Å²) in [5.41, 5.74) is 5.99. The van der Waals surface area contributed by atoms with Crippen molar-refractivity contribution < 1.29 is 0 Å². The van der Waals surface area contributed by atoms with Crippen LogP contribution in [-0.4, -0.2) is 32.8 Å². The quantitative estimate of drug-likeness (QED) is 0.465. The summed E-state index contributed by atoms with van der Waals surface area (Å²) in [6, 6.07) is 7.05. The van der Waals surface area contributed by atoms with Gasteiger partial charge in [0, 0.05) is 10.6 Å². The minimum absolute atomic E-state index is 0.0601. The highest BCUT2D eigenvalue weighted by Crippen LogP contribution is 2.12. The maximum Gasteiger partial charge on any atom is 0.169 e. The Morgan fingerprint density at radius 1 is 1.50 bits per heavy atom. The molecule has 0 saturated heterocycles. The molecule has 0 fully saturated rings. The summed E-state index contributed by atoms with van der Waals surface area (Å²) in [4.78, 5) is 11.5. The number of benzene rings is 1. The summed E-state index contributed by atoms with van der Waals surface area (Å²) < 4.78 is 0. The van der Waals surface area contributed by atoms with E-state index in [-0.39, 0.29) is 12.4 Å². The van der Waals surface area contributed by atoms with Crippen LogP contribution in [0.3, 0.4) is 0 Å². The first-order chi connectivity index (χ1) is 7.67. The Bertz CT molecular complexity index is 442. The Morgan fingerprint density at radius 2 is 2.25 bits per heavy atom. The van der Waals surface area contributed by atoms with Crippen LogP contribution in [0.2, 0.25) is 5.02 Å². The van der Waals surface area contributed by atoms with Gasteiger partial charge in [0.2, 0.25) is 0 Å². The zero-order chi connectivity index (χ0) is 12.0. The lowest BCUT2D eigenvalue weighted by atomic mass is 10.1. The fraction of sp³-hybridized carbons (Fsp3) is 0.100. The Kier molecular flexibility index (Phi) is 4.89. The maximum atomic E-state index is 5.85. The first kappa shape index (κ1) is 12.6. The van der Waals surface area contributed by atoms with Gasteiger partial charge in [-0.15, -0.1) is 0 Å². The van der Waals surface area contributed by atoms with Gasteiger partial charge in [0.05, 0.1) is 12.4 Å². The largest absolute Gasteiger partial charge is 0.312 e. The molecule has 0 aliphatic heterocycles. The number of halogens is 1. The van der Waals surface area contributed by atoms with Crippen molar-refractivity contribution in [3.63, 3.8) is 0 Å². The number of hydrogen-bond donors (Lipinski definition) is 1. The predicted molar refractivity (Wildman–Crippen MR) is 69.8 cm³/mol. The lowest BCUT2D eigenvalue weighted by molar-refractivity contribution is 1.07. The van der Waals surface area contributed by atoms with Crippen LogP contribution in [0.25, 0.3) is 0 Å². The molecular formula is C10H10BClN4. The lowest BCUT2D eigenvalue weighted by Gasteiger charge is -2.01. The molecule has 0 unspecified atom stereocenters. The van der Waals surface area contributed by atoms with Crippen LogP contribution in [0.5, 0.6) is 0 Å². The molecule has 2 radical (unpaired) electrons. The first-order valence-corrected chi connectivity index (χ1v) is 4.86. The van der Waals surface area contributed by atoms with Gasteiger partial charge >= 0.3 is 0 Å². The van der Waals surface area contributed by atoms with E-state index >= 15 is 0 Å². The molecule has 0 saturated carbocycles. The monoisotopic (exact) mass is 232 g/mol. The summed E-state index contributed by atoms with van der Waals surface area (Å²) in [7, 11) is 5.50. The van der Waals surface area contributed by atoms with Crippen molar-refractivity contribution in [1.82, 2.24) is 0 Å². The third-order valence-electron chi connectivity index (χ3n) is 1.71. The van der Waals surface area contributed by atoms with Gasteiger partial charge in [-0.1, -0.05) is 23.7 Å². The van der Waals surface area contributed by atoms with Crippen molar-refractivity contribution in [3.05, 3.63) is 34.9 Å². The van der Waals surface area contributed by atoms with Gasteiger partial charge in [0.1, 0.15) is 0 Å². The Balaban J connectivity index is 3.08. The van der Waals surface area contributed by atoms with E-state index in [1.54, 1.807) is 24.3 Å². The van der Waals surface area contributed by atoms with E-state index < -0.39 is 0 Å². The van der Waals surface area contributed by atoms with E-state index in [1.807, 2.05) is 0 Å². The predicted octanol–water partition coefficient (Wildman–Crippen LogP) is 1.23. The average Bonchev–Trinajstić information content (AvgIpc) is 2.26. The molecule has 1 rings (SSSR count). The molecule has 1 aromatic carbocycles. The smallest absolute Gasteiger partial charge is 0.169 e. The van der Waals surface area contributed by atoms with Crippen LogP contribution in [0.15, 0.2) is 39.2 Å². The number of nitrogens with two attached hydrogens (primary N) is 1. The highest BCUT2D eigenvalue weighted by Gasteiger charge is 2.01. The summed E-state index contributed by atoms with van der Waals surface area (Å²) in [5, 5.41) is 0.586.